The summed E-state index contributed by atoms with van der Waals surface area (Å²) in [4.78, 5) is 3.95. The average molecular weight is 322 g/mol. The predicted molar refractivity (Wildman–Crippen MR) is 70.5 cm³/mol. The van der Waals surface area contributed by atoms with Crippen molar-refractivity contribution in [3.8, 4) is 0 Å². The molecule has 4 nitrogen and oxygen atoms in total. The summed E-state index contributed by atoms with van der Waals surface area (Å²) in [6, 6.07) is 1.78. The summed E-state index contributed by atoms with van der Waals surface area (Å²) in [7, 11) is -2.94. The molecule has 1 heterocycles. The number of aliphatic hydroxyl groups excluding tert-OH is 1. The standard InChI is InChI=1S/C11H16BrNO3S/c1-2-17(15,16)5-3-4-11(14)9-6-10(12)8-13-7-9/h6-8,11,14H,2-5H2,1H3. The first-order valence-corrected chi connectivity index (χ1v) is 8.05. The molecule has 0 aliphatic carbocycles. The van der Waals surface area contributed by atoms with Gasteiger partial charge in [-0.2, -0.15) is 0 Å². The third-order valence-corrected chi connectivity index (χ3v) is 4.71. The van der Waals surface area contributed by atoms with Gasteiger partial charge in [0.2, 0.25) is 0 Å². The van der Waals surface area contributed by atoms with Crippen LogP contribution >= 0.6 is 15.9 Å². The lowest BCUT2D eigenvalue weighted by atomic mass is 10.1. The molecule has 1 atom stereocenters. The van der Waals surface area contributed by atoms with Gasteiger partial charge in [0.05, 0.1) is 11.9 Å². The lowest BCUT2D eigenvalue weighted by molar-refractivity contribution is 0.166. The topological polar surface area (TPSA) is 67.3 Å². The van der Waals surface area contributed by atoms with Gasteiger partial charge in [0, 0.05) is 22.6 Å². The van der Waals surface area contributed by atoms with Gasteiger partial charge in [-0.25, -0.2) is 8.42 Å². The van der Waals surface area contributed by atoms with Crippen molar-refractivity contribution in [3.05, 3.63) is 28.5 Å². The van der Waals surface area contributed by atoms with Crippen LogP contribution in [0.3, 0.4) is 0 Å². The van der Waals surface area contributed by atoms with Crippen LogP contribution in [0.25, 0.3) is 0 Å². The van der Waals surface area contributed by atoms with Crippen LogP contribution in [0.5, 0.6) is 0 Å². The summed E-state index contributed by atoms with van der Waals surface area (Å²) in [6.07, 6.45) is 3.45. The highest BCUT2D eigenvalue weighted by Crippen LogP contribution is 2.20. The van der Waals surface area contributed by atoms with E-state index in [-0.39, 0.29) is 11.5 Å². The maximum absolute atomic E-state index is 11.3. The minimum atomic E-state index is -2.94. The van der Waals surface area contributed by atoms with E-state index in [1.807, 2.05) is 0 Å². The fourth-order valence-electron chi connectivity index (χ4n) is 1.42. The van der Waals surface area contributed by atoms with Crippen molar-refractivity contribution < 1.29 is 13.5 Å². The normalized spacial score (nSPS) is 13.6. The van der Waals surface area contributed by atoms with Crippen LogP contribution in [0.2, 0.25) is 0 Å². The molecule has 1 rings (SSSR count). The van der Waals surface area contributed by atoms with Crippen molar-refractivity contribution in [1.29, 1.82) is 0 Å². The fraction of sp³-hybridized carbons (Fsp3) is 0.545. The van der Waals surface area contributed by atoms with Crippen molar-refractivity contribution in [2.75, 3.05) is 11.5 Å². The van der Waals surface area contributed by atoms with E-state index in [1.54, 1.807) is 25.4 Å². The van der Waals surface area contributed by atoms with Crippen molar-refractivity contribution in [3.63, 3.8) is 0 Å². The van der Waals surface area contributed by atoms with Crippen LogP contribution in [-0.4, -0.2) is 30.0 Å². The van der Waals surface area contributed by atoms with E-state index < -0.39 is 15.9 Å². The SMILES string of the molecule is CCS(=O)(=O)CCCC(O)c1cncc(Br)c1. The van der Waals surface area contributed by atoms with Gasteiger partial charge in [-0.1, -0.05) is 6.92 Å². The first-order chi connectivity index (χ1) is 7.94. The summed E-state index contributed by atoms with van der Waals surface area (Å²) >= 11 is 3.27. The molecule has 0 aliphatic heterocycles. The quantitative estimate of drug-likeness (QED) is 0.871. The molecule has 0 amide bonds. The molecule has 1 aromatic rings. The summed E-state index contributed by atoms with van der Waals surface area (Å²) in [5.41, 5.74) is 0.702. The van der Waals surface area contributed by atoms with E-state index in [0.717, 1.165) is 4.47 Å². The number of hydrogen-bond acceptors (Lipinski definition) is 4. The van der Waals surface area contributed by atoms with E-state index in [9.17, 15) is 13.5 Å². The maximum Gasteiger partial charge on any atom is 0.150 e. The number of aliphatic hydroxyl groups is 1. The van der Waals surface area contributed by atoms with Crippen molar-refractivity contribution in [2.24, 2.45) is 0 Å². The molecule has 1 N–H and O–H groups in total. The van der Waals surface area contributed by atoms with Crippen molar-refractivity contribution >= 4 is 25.8 Å². The number of nitrogens with zero attached hydrogens (tertiary/aromatic N) is 1. The lowest BCUT2D eigenvalue weighted by Gasteiger charge is -2.10. The fourth-order valence-corrected chi connectivity index (χ4v) is 2.70. The van der Waals surface area contributed by atoms with Crippen LogP contribution in [0.1, 0.15) is 31.4 Å². The highest BCUT2D eigenvalue weighted by molar-refractivity contribution is 9.10. The van der Waals surface area contributed by atoms with Gasteiger partial charge in [-0.3, -0.25) is 4.98 Å². The minimum absolute atomic E-state index is 0.127. The van der Waals surface area contributed by atoms with Gasteiger partial charge in [0.1, 0.15) is 9.84 Å². The average Bonchev–Trinajstić information content (AvgIpc) is 2.28. The van der Waals surface area contributed by atoms with Gasteiger partial charge in [0.25, 0.3) is 0 Å². The number of pyridine rings is 1. The summed E-state index contributed by atoms with van der Waals surface area (Å²) in [6.45, 7) is 1.63. The van der Waals surface area contributed by atoms with Gasteiger partial charge >= 0.3 is 0 Å². The highest BCUT2D eigenvalue weighted by Gasteiger charge is 2.12. The Balaban J connectivity index is 2.48. The summed E-state index contributed by atoms with van der Waals surface area (Å²) in [5, 5.41) is 9.86. The summed E-state index contributed by atoms with van der Waals surface area (Å²) < 4.78 is 23.3. The maximum atomic E-state index is 11.3. The molecule has 0 aromatic carbocycles. The van der Waals surface area contributed by atoms with Gasteiger partial charge in [-0.05, 0) is 40.4 Å². The molecule has 1 aromatic heterocycles. The third kappa shape index (κ3) is 5.14. The van der Waals surface area contributed by atoms with Crippen LogP contribution < -0.4 is 0 Å². The summed E-state index contributed by atoms with van der Waals surface area (Å²) in [5.74, 6) is 0.281. The van der Waals surface area contributed by atoms with Crippen LogP contribution in [0.4, 0.5) is 0 Å². The number of rotatable bonds is 6. The molecule has 0 spiro atoms. The van der Waals surface area contributed by atoms with Crippen LogP contribution in [0, 0.1) is 0 Å². The van der Waals surface area contributed by atoms with Crippen molar-refractivity contribution in [2.45, 2.75) is 25.9 Å². The second-order valence-corrected chi connectivity index (χ2v) is 7.22. The van der Waals surface area contributed by atoms with E-state index in [0.29, 0.717) is 18.4 Å². The molecular formula is C11H16BrNO3S. The molecule has 0 saturated carbocycles. The zero-order valence-electron chi connectivity index (χ0n) is 9.63. The van der Waals surface area contributed by atoms with Gasteiger partial charge in [0.15, 0.2) is 0 Å². The second kappa shape index (κ2) is 6.47. The van der Waals surface area contributed by atoms with Gasteiger partial charge < -0.3 is 5.11 Å². The van der Waals surface area contributed by atoms with Crippen LogP contribution in [0.15, 0.2) is 22.9 Å². The van der Waals surface area contributed by atoms with E-state index in [1.165, 1.54) is 0 Å². The Morgan fingerprint density at radius 1 is 1.47 bits per heavy atom. The number of sulfone groups is 1. The van der Waals surface area contributed by atoms with Crippen LogP contribution in [-0.2, 0) is 9.84 Å². The Morgan fingerprint density at radius 3 is 2.76 bits per heavy atom. The number of aromatic nitrogens is 1. The minimum Gasteiger partial charge on any atom is -0.388 e. The van der Waals surface area contributed by atoms with Gasteiger partial charge in [-0.15, -0.1) is 0 Å². The Hall–Kier alpha value is -0.460. The Morgan fingerprint density at radius 2 is 2.18 bits per heavy atom. The Kier molecular flexibility index (Phi) is 5.55. The van der Waals surface area contributed by atoms with E-state index in [4.69, 9.17) is 0 Å². The highest BCUT2D eigenvalue weighted by atomic mass is 79.9. The molecular weight excluding hydrogens is 306 g/mol. The van der Waals surface area contributed by atoms with E-state index >= 15 is 0 Å². The molecule has 0 radical (unpaired) electrons. The number of halogens is 1. The monoisotopic (exact) mass is 321 g/mol. The zero-order valence-corrected chi connectivity index (χ0v) is 12.0. The molecule has 0 saturated heterocycles. The Labute approximate surface area is 110 Å². The molecule has 96 valence electrons. The number of hydrogen-bond donors (Lipinski definition) is 1. The molecule has 0 fully saturated rings. The Bertz CT molecular complexity index is 462. The van der Waals surface area contributed by atoms with E-state index in [2.05, 4.69) is 20.9 Å². The first kappa shape index (κ1) is 14.6. The largest absolute Gasteiger partial charge is 0.388 e. The lowest BCUT2D eigenvalue weighted by Crippen LogP contribution is -2.10. The predicted octanol–water partition coefficient (Wildman–Crippen LogP) is 2.09. The molecule has 0 bridgehead atoms. The molecule has 17 heavy (non-hydrogen) atoms. The van der Waals surface area contributed by atoms with Crippen molar-refractivity contribution in [1.82, 2.24) is 4.98 Å². The zero-order chi connectivity index (χ0) is 12.9. The molecule has 0 aliphatic rings. The molecule has 1 unspecified atom stereocenters. The smallest absolute Gasteiger partial charge is 0.150 e. The first-order valence-electron chi connectivity index (χ1n) is 5.43. The second-order valence-electron chi connectivity index (χ2n) is 3.83. The third-order valence-electron chi connectivity index (χ3n) is 2.48. The molecule has 6 heteroatoms.